The van der Waals surface area contributed by atoms with Gasteiger partial charge in [-0.15, -0.1) is 0 Å². The van der Waals surface area contributed by atoms with Gasteiger partial charge in [0.15, 0.2) is 0 Å². The van der Waals surface area contributed by atoms with Gasteiger partial charge in [-0.3, -0.25) is 9.59 Å². The van der Waals surface area contributed by atoms with Crippen LogP contribution in [0.3, 0.4) is 0 Å². The van der Waals surface area contributed by atoms with Crippen molar-refractivity contribution in [2.45, 2.75) is 44.6 Å². The normalized spacial score (nSPS) is 18.4. The molecule has 2 aromatic rings. The zero-order chi connectivity index (χ0) is 24.8. The number of alkyl carbamates (subject to hydrolysis) is 1. The standard InChI is InChI=1S/C28H32N2O5/c1-2-30(16-8-15-26(31)32)27(33)19-9-7-10-20(17-19)29-28(34)35-18-25-23-13-5-3-11-21(23)22-12-4-6-14-24(22)25/h3-7,10-14,19-20,25H,2,8-9,15-18H2,1H3,(H,29,34)(H,31,32). The number of hydrogen-bond acceptors (Lipinski definition) is 4. The minimum atomic E-state index is -0.860. The first-order valence-corrected chi connectivity index (χ1v) is 12.3. The fourth-order valence-corrected chi connectivity index (χ4v) is 5.09. The summed E-state index contributed by atoms with van der Waals surface area (Å²) >= 11 is 0. The molecule has 2 N–H and O–H groups in total. The first kappa shape index (κ1) is 24.5. The third-order valence-electron chi connectivity index (χ3n) is 6.84. The van der Waals surface area contributed by atoms with Gasteiger partial charge < -0.3 is 20.1 Å². The van der Waals surface area contributed by atoms with Gasteiger partial charge in [-0.05, 0) is 48.4 Å². The molecular weight excluding hydrogens is 444 g/mol. The second-order valence-electron chi connectivity index (χ2n) is 9.09. The van der Waals surface area contributed by atoms with Crippen molar-refractivity contribution in [3.63, 3.8) is 0 Å². The van der Waals surface area contributed by atoms with E-state index in [0.717, 1.165) is 11.1 Å². The second kappa shape index (κ2) is 11.2. The van der Waals surface area contributed by atoms with Crippen LogP contribution in [-0.4, -0.2) is 53.7 Å². The maximum absolute atomic E-state index is 13.0. The summed E-state index contributed by atoms with van der Waals surface area (Å²) in [5, 5.41) is 11.7. The van der Waals surface area contributed by atoms with Crippen LogP contribution >= 0.6 is 0 Å². The van der Waals surface area contributed by atoms with Gasteiger partial charge in [0.05, 0.1) is 6.04 Å². The Kier molecular flexibility index (Phi) is 7.85. The number of aliphatic carboxylic acids is 1. The average molecular weight is 477 g/mol. The second-order valence-corrected chi connectivity index (χ2v) is 9.09. The summed E-state index contributed by atoms with van der Waals surface area (Å²) in [6, 6.07) is 16.1. The van der Waals surface area contributed by atoms with E-state index in [2.05, 4.69) is 29.6 Å². The number of nitrogens with one attached hydrogen (secondary N) is 1. The Bertz CT molecular complexity index is 1070. The highest BCUT2D eigenvalue weighted by Crippen LogP contribution is 2.44. The maximum Gasteiger partial charge on any atom is 0.407 e. The van der Waals surface area contributed by atoms with Gasteiger partial charge in [-0.25, -0.2) is 4.79 Å². The van der Waals surface area contributed by atoms with Crippen LogP contribution in [0.5, 0.6) is 0 Å². The van der Waals surface area contributed by atoms with E-state index in [9.17, 15) is 14.4 Å². The predicted octanol–water partition coefficient (Wildman–Crippen LogP) is 4.57. The summed E-state index contributed by atoms with van der Waals surface area (Å²) in [6.07, 6.45) is 4.91. The summed E-state index contributed by atoms with van der Waals surface area (Å²) < 4.78 is 5.65. The Hall–Kier alpha value is -3.61. The number of hydrogen-bond donors (Lipinski definition) is 2. The molecule has 2 unspecified atom stereocenters. The van der Waals surface area contributed by atoms with Crippen molar-refractivity contribution in [1.29, 1.82) is 0 Å². The van der Waals surface area contributed by atoms with Crippen molar-refractivity contribution in [2.24, 2.45) is 5.92 Å². The Morgan fingerprint density at radius 1 is 1.06 bits per heavy atom. The number of carbonyl (C=O) groups is 3. The maximum atomic E-state index is 13.0. The monoisotopic (exact) mass is 476 g/mol. The molecule has 0 fully saturated rings. The number of nitrogens with zero attached hydrogens (tertiary/aromatic N) is 1. The van der Waals surface area contributed by atoms with Crippen LogP contribution in [0.1, 0.15) is 49.7 Å². The molecule has 0 spiro atoms. The van der Waals surface area contributed by atoms with E-state index in [1.165, 1.54) is 11.1 Å². The molecule has 184 valence electrons. The van der Waals surface area contributed by atoms with Gasteiger partial charge in [0.2, 0.25) is 5.91 Å². The first-order chi connectivity index (χ1) is 17.0. The number of allylic oxidation sites excluding steroid dienone is 1. The Balaban J connectivity index is 1.31. The summed E-state index contributed by atoms with van der Waals surface area (Å²) in [6.45, 7) is 3.09. The van der Waals surface area contributed by atoms with Crippen molar-refractivity contribution < 1.29 is 24.2 Å². The van der Waals surface area contributed by atoms with Crippen LogP contribution in [0.4, 0.5) is 4.79 Å². The molecule has 2 amide bonds. The zero-order valence-electron chi connectivity index (χ0n) is 20.0. The minimum absolute atomic E-state index is 0.00146. The Morgan fingerprint density at radius 3 is 2.34 bits per heavy atom. The molecule has 7 nitrogen and oxygen atoms in total. The molecule has 0 heterocycles. The zero-order valence-corrected chi connectivity index (χ0v) is 20.0. The van der Waals surface area contributed by atoms with Gasteiger partial charge >= 0.3 is 12.1 Å². The van der Waals surface area contributed by atoms with E-state index in [0.29, 0.717) is 32.4 Å². The van der Waals surface area contributed by atoms with Crippen molar-refractivity contribution in [3.8, 4) is 11.1 Å². The fraction of sp³-hybridized carbons (Fsp3) is 0.393. The summed E-state index contributed by atoms with van der Waals surface area (Å²) in [4.78, 5) is 38.1. The Labute approximate surface area is 205 Å². The highest BCUT2D eigenvalue weighted by molar-refractivity contribution is 5.80. The number of rotatable bonds is 9. The lowest BCUT2D eigenvalue weighted by Gasteiger charge is -2.30. The third kappa shape index (κ3) is 5.73. The molecule has 2 aliphatic carbocycles. The molecular formula is C28H32N2O5. The number of ether oxygens (including phenoxy) is 1. The highest BCUT2D eigenvalue weighted by Gasteiger charge is 2.31. The molecule has 35 heavy (non-hydrogen) atoms. The third-order valence-corrected chi connectivity index (χ3v) is 6.84. The van der Waals surface area contributed by atoms with E-state index in [-0.39, 0.29) is 36.8 Å². The molecule has 0 saturated heterocycles. The van der Waals surface area contributed by atoms with Crippen LogP contribution in [0.15, 0.2) is 60.7 Å². The highest BCUT2D eigenvalue weighted by atomic mass is 16.5. The number of carbonyl (C=O) groups excluding carboxylic acids is 2. The van der Waals surface area contributed by atoms with Gasteiger partial charge in [0, 0.05) is 31.3 Å². The lowest BCUT2D eigenvalue weighted by Crippen LogP contribution is -2.43. The average Bonchev–Trinajstić information content (AvgIpc) is 3.19. The number of carboxylic acid groups (broad SMARTS) is 1. The SMILES string of the molecule is CCN(CCCC(=O)O)C(=O)C1CC=CC(NC(=O)OCC2c3ccccc3-c3ccccc32)C1. The van der Waals surface area contributed by atoms with E-state index >= 15 is 0 Å². The van der Waals surface area contributed by atoms with E-state index in [1.807, 2.05) is 43.3 Å². The van der Waals surface area contributed by atoms with E-state index < -0.39 is 12.1 Å². The van der Waals surface area contributed by atoms with Crippen LogP contribution in [0, 0.1) is 5.92 Å². The van der Waals surface area contributed by atoms with Crippen LogP contribution in [0.2, 0.25) is 0 Å². The lowest BCUT2D eigenvalue weighted by atomic mass is 9.89. The largest absolute Gasteiger partial charge is 0.481 e. The van der Waals surface area contributed by atoms with Gasteiger partial charge in [-0.1, -0.05) is 60.7 Å². The molecule has 0 aromatic heterocycles. The van der Waals surface area contributed by atoms with Gasteiger partial charge in [0.25, 0.3) is 0 Å². The summed E-state index contributed by atoms with van der Waals surface area (Å²) in [5.41, 5.74) is 4.68. The summed E-state index contributed by atoms with van der Waals surface area (Å²) in [5.74, 6) is -1.11. The number of fused-ring (bicyclic) bond motifs is 3. The van der Waals surface area contributed by atoms with E-state index in [1.54, 1.807) is 4.90 Å². The number of amides is 2. The molecule has 0 radical (unpaired) electrons. The summed E-state index contributed by atoms with van der Waals surface area (Å²) in [7, 11) is 0. The van der Waals surface area contributed by atoms with Crippen molar-refractivity contribution in [1.82, 2.24) is 10.2 Å². The van der Waals surface area contributed by atoms with Crippen LogP contribution < -0.4 is 5.32 Å². The smallest absolute Gasteiger partial charge is 0.407 e. The van der Waals surface area contributed by atoms with Crippen molar-refractivity contribution in [2.75, 3.05) is 19.7 Å². The Morgan fingerprint density at radius 2 is 1.71 bits per heavy atom. The molecule has 2 aliphatic rings. The van der Waals surface area contributed by atoms with Crippen molar-refractivity contribution in [3.05, 3.63) is 71.8 Å². The van der Waals surface area contributed by atoms with Crippen LogP contribution in [-0.2, 0) is 14.3 Å². The van der Waals surface area contributed by atoms with Gasteiger partial charge in [-0.2, -0.15) is 0 Å². The molecule has 0 aliphatic heterocycles. The van der Waals surface area contributed by atoms with E-state index in [4.69, 9.17) is 9.84 Å². The topological polar surface area (TPSA) is 95.9 Å². The predicted molar refractivity (Wildman–Crippen MR) is 133 cm³/mol. The molecule has 4 rings (SSSR count). The fourth-order valence-electron chi connectivity index (χ4n) is 5.09. The lowest BCUT2D eigenvalue weighted by molar-refractivity contribution is -0.139. The van der Waals surface area contributed by atoms with Crippen molar-refractivity contribution >= 4 is 18.0 Å². The molecule has 0 bridgehead atoms. The van der Waals surface area contributed by atoms with Crippen LogP contribution in [0.25, 0.3) is 11.1 Å². The quantitative estimate of drug-likeness (QED) is 0.517. The molecule has 2 aromatic carbocycles. The molecule has 7 heteroatoms. The number of benzene rings is 2. The first-order valence-electron chi connectivity index (χ1n) is 12.3. The number of carboxylic acids is 1. The molecule has 2 atom stereocenters. The molecule has 0 saturated carbocycles. The van der Waals surface area contributed by atoms with Gasteiger partial charge in [0.1, 0.15) is 6.61 Å². The minimum Gasteiger partial charge on any atom is -0.481 e.